The molecule has 1 fully saturated rings. The first kappa shape index (κ1) is 13.1. The highest BCUT2D eigenvalue weighted by molar-refractivity contribution is 5.90. The number of carbonyl (C=O) groups is 1. The molecule has 0 saturated carbocycles. The van der Waals surface area contributed by atoms with Crippen LogP contribution in [0.5, 0.6) is 0 Å². The summed E-state index contributed by atoms with van der Waals surface area (Å²) in [6.45, 7) is 4.66. The van der Waals surface area contributed by atoms with Crippen LogP contribution in [0, 0.1) is 0 Å². The number of aryl methyl sites for hydroxylation is 1. The van der Waals surface area contributed by atoms with Gasteiger partial charge in [-0.25, -0.2) is 4.79 Å². The highest BCUT2D eigenvalue weighted by Gasteiger charge is 2.21. The quantitative estimate of drug-likeness (QED) is 0.803. The standard InChI is InChI=1S/C13H20N2O3/c1-3-17-13(16)11-4-6-15(2)12(11)8-10-9-14-5-7-18-10/h4,6,10,14H,3,5,7-9H2,1-2H3. The number of ether oxygens (including phenoxy) is 2. The van der Waals surface area contributed by atoms with E-state index in [-0.39, 0.29) is 12.1 Å². The number of esters is 1. The lowest BCUT2D eigenvalue weighted by Crippen LogP contribution is -2.40. The van der Waals surface area contributed by atoms with E-state index in [0.717, 1.165) is 31.8 Å². The van der Waals surface area contributed by atoms with Gasteiger partial charge >= 0.3 is 5.97 Å². The maximum atomic E-state index is 11.8. The Balaban J connectivity index is 2.10. The van der Waals surface area contributed by atoms with Crippen LogP contribution in [0.2, 0.25) is 0 Å². The van der Waals surface area contributed by atoms with Crippen molar-refractivity contribution >= 4 is 5.97 Å². The summed E-state index contributed by atoms with van der Waals surface area (Å²) in [4.78, 5) is 11.8. The minimum absolute atomic E-state index is 0.125. The van der Waals surface area contributed by atoms with Crippen molar-refractivity contribution in [2.45, 2.75) is 19.4 Å². The van der Waals surface area contributed by atoms with Crippen molar-refractivity contribution in [3.63, 3.8) is 0 Å². The van der Waals surface area contributed by atoms with Crippen LogP contribution >= 0.6 is 0 Å². The van der Waals surface area contributed by atoms with E-state index in [1.54, 1.807) is 0 Å². The number of hydrogen-bond acceptors (Lipinski definition) is 4. The maximum Gasteiger partial charge on any atom is 0.339 e. The van der Waals surface area contributed by atoms with Gasteiger partial charge in [0.1, 0.15) is 0 Å². The van der Waals surface area contributed by atoms with Gasteiger partial charge in [0.25, 0.3) is 0 Å². The smallest absolute Gasteiger partial charge is 0.339 e. The van der Waals surface area contributed by atoms with Crippen LogP contribution in [0.15, 0.2) is 12.3 Å². The van der Waals surface area contributed by atoms with E-state index in [0.29, 0.717) is 12.2 Å². The van der Waals surface area contributed by atoms with Gasteiger partial charge in [-0.15, -0.1) is 0 Å². The minimum Gasteiger partial charge on any atom is -0.462 e. The molecule has 18 heavy (non-hydrogen) atoms. The zero-order valence-corrected chi connectivity index (χ0v) is 10.9. The molecule has 2 rings (SSSR count). The molecule has 5 heteroatoms. The third kappa shape index (κ3) is 2.91. The number of hydrogen-bond donors (Lipinski definition) is 1. The van der Waals surface area contributed by atoms with Crippen LogP contribution in [0.3, 0.4) is 0 Å². The normalized spacial score (nSPS) is 19.8. The highest BCUT2D eigenvalue weighted by atomic mass is 16.5. The fourth-order valence-electron chi connectivity index (χ4n) is 2.18. The Kier molecular flexibility index (Phi) is 4.38. The first-order chi connectivity index (χ1) is 8.72. The van der Waals surface area contributed by atoms with E-state index in [4.69, 9.17) is 9.47 Å². The van der Waals surface area contributed by atoms with Crippen LogP contribution in [0.4, 0.5) is 0 Å². The largest absolute Gasteiger partial charge is 0.462 e. The zero-order valence-electron chi connectivity index (χ0n) is 10.9. The predicted molar refractivity (Wildman–Crippen MR) is 67.7 cm³/mol. The Bertz CT molecular complexity index is 408. The number of carbonyl (C=O) groups excluding carboxylic acids is 1. The third-order valence-corrected chi connectivity index (χ3v) is 3.12. The number of morpholine rings is 1. The fourth-order valence-corrected chi connectivity index (χ4v) is 2.18. The van der Waals surface area contributed by atoms with Crippen LogP contribution in [-0.2, 0) is 22.9 Å². The second-order valence-corrected chi connectivity index (χ2v) is 4.41. The molecule has 1 aliphatic rings. The summed E-state index contributed by atoms with van der Waals surface area (Å²) in [6, 6.07) is 1.81. The molecule has 0 spiro atoms. The van der Waals surface area contributed by atoms with Crippen molar-refractivity contribution in [1.29, 1.82) is 0 Å². The third-order valence-electron chi connectivity index (χ3n) is 3.12. The molecule has 1 saturated heterocycles. The van der Waals surface area contributed by atoms with Crippen molar-refractivity contribution in [3.8, 4) is 0 Å². The molecule has 1 atom stereocenters. The molecule has 0 aromatic carbocycles. The zero-order chi connectivity index (χ0) is 13.0. The maximum absolute atomic E-state index is 11.8. The Labute approximate surface area is 107 Å². The minimum atomic E-state index is -0.253. The molecule has 1 aromatic rings. The molecule has 1 aliphatic heterocycles. The van der Waals surface area contributed by atoms with Gasteiger partial charge in [0, 0.05) is 38.4 Å². The van der Waals surface area contributed by atoms with Crippen molar-refractivity contribution in [2.24, 2.45) is 7.05 Å². The van der Waals surface area contributed by atoms with E-state index in [1.165, 1.54) is 0 Å². The molecule has 0 bridgehead atoms. The lowest BCUT2D eigenvalue weighted by molar-refractivity contribution is 0.0278. The van der Waals surface area contributed by atoms with Gasteiger partial charge in [0.05, 0.1) is 24.9 Å². The Morgan fingerprint density at radius 3 is 3.17 bits per heavy atom. The first-order valence-corrected chi connectivity index (χ1v) is 6.36. The molecule has 5 nitrogen and oxygen atoms in total. The van der Waals surface area contributed by atoms with Gasteiger partial charge in [0.15, 0.2) is 0 Å². The summed E-state index contributed by atoms with van der Waals surface area (Å²) in [6.07, 6.45) is 2.74. The summed E-state index contributed by atoms with van der Waals surface area (Å²) >= 11 is 0. The molecule has 0 aliphatic carbocycles. The average Bonchev–Trinajstić information content (AvgIpc) is 2.73. The lowest BCUT2D eigenvalue weighted by atomic mass is 10.1. The summed E-state index contributed by atoms with van der Waals surface area (Å²) in [5.74, 6) is -0.253. The average molecular weight is 252 g/mol. The van der Waals surface area contributed by atoms with Crippen LogP contribution in [0.25, 0.3) is 0 Å². The van der Waals surface area contributed by atoms with Gasteiger partial charge in [-0.3, -0.25) is 0 Å². The van der Waals surface area contributed by atoms with Gasteiger partial charge in [-0.2, -0.15) is 0 Å². The van der Waals surface area contributed by atoms with Gasteiger partial charge in [-0.05, 0) is 13.0 Å². The fraction of sp³-hybridized carbons (Fsp3) is 0.615. The molecule has 0 amide bonds. The lowest BCUT2D eigenvalue weighted by Gasteiger charge is -2.24. The summed E-state index contributed by atoms with van der Waals surface area (Å²) in [5, 5.41) is 3.29. The van der Waals surface area contributed by atoms with Gasteiger partial charge < -0.3 is 19.4 Å². The highest BCUT2D eigenvalue weighted by Crippen LogP contribution is 2.15. The van der Waals surface area contributed by atoms with Crippen molar-refractivity contribution in [1.82, 2.24) is 9.88 Å². The molecule has 0 radical (unpaired) electrons. The van der Waals surface area contributed by atoms with Crippen molar-refractivity contribution in [3.05, 3.63) is 23.5 Å². The number of nitrogens with zero attached hydrogens (tertiary/aromatic N) is 1. The predicted octanol–water partition coefficient (Wildman–Crippen LogP) is 0.733. The summed E-state index contributed by atoms with van der Waals surface area (Å²) < 4.78 is 12.7. The van der Waals surface area contributed by atoms with E-state index in [9.17, 15) is 4.79 Å². The Hall–Kier alpha value is -1.33. The van der Waals surface area contributed by atoms with Crippen molar-refractivity contribution < 1.29 is 14.3 Å². The summed E-state index contributed by atoms with van der Waals surface area (Å²) in [7, 11) is 1.94. The second kappa shape index (κ2) is 6.02. The molecular formula is C13H20N2O3. The van der Waals surface area contributed by atoms with Gasteiger partial charge in [-0.1, -0.05) is 0 Å². The van der Waals surface area contributed by atoms with E-state index >= 15 is 0 Å². The molecule has 1 aromatic heterocycles. The van der Waals surface area contributed by atoms with Crippen LogP contribution < -0.4 is 5.32 Å². The van der Waals surface area contributed by atoms with E-state index < -0.39 is 0 Å². The van der Waals surface area contributed by atoms with Crippen LogP contribution in [-0.4, -0.2) is 42.9 Å². The molecule has 2 heterocycles. The van der Waals surface area contributed by atoms with Crippen LogP contribution in [0.1, 0.15) is 23.0 Å². The SMILES string of the molecule is CCOC(=O)c1ccn(C)c1CC1CNCCO1. The number of aromatic nitrogens is 1. The monoisotopic (exact) mass is 252 g/mol. The number of rotatable bonds is 4. The first-order valence-electron chi connectivity index (χ1n) is 6.36. The van der Waals surface area contributed by atoms with Gasteiger partial charge in [0.2, 0.25) is 0 Å². The topological polar surface area (TPSA) is 52.5 Å². The Morgan fingerprint density at radius 1 is 1.67 bits per heavy atom. The van der Waals surface area contributed by atoms with E-state index in [1.807, 2.05) is 30.8 Å². The molecule has 1 unspecified atom stereocenters. The second-order valence-electron chi connectivity index (χ2n) is 4.41. The van der Waals surface area contributed by atoms with Crippen molar-refractivity contribution in [2.75, 3.05) is 26.3 Å². The molecule has 1 N–H and O–H groups in total. The molecule has 100 valence electrons. The molecular weight excluding hydrogens is 232 g/mol. The van der Waals surface area contributed by atoms with E-state index in [2.05, 4.69) is 5.32 Å². The number of nitrogens with one attached hydrogen (secondary N) is 1. The Morgan fingerprint density at radius 2 is 2.50 bits per heavy atom. The summed E-state index contributed by atoms with van der Waals surface area (Å²) in [5.41, 5.74) is 1.62.